The smallest absolute Gasteiger partial charge is 0.433 e. The number of amides is 1. The van der Waals surface area contributed by atoms with Gasteiger partial charge in [-0.3, -0.25) is 4.79 Å². The van der Waals surface area contributed by atoms with Gasteiger partial charge < -0.3 is 13.8 Å². The molecular formula is C22H20F3N5O3. The summed E-state index contributed by atoms with van der Waals surface area (Å²) in [5.41, 5.74) is -0.520. The van der Waals surface area contributed by atoms with Gasteiger partial charge >= 0.3 is 6.18 Å². The molecule has 1 aliphatic heterocycles. The number of nitrogens with zero attached hydrogens (tertiary/aromatic N) is 5. The summed E-state index contributed by atoms with van der Waals surface area (Å²) in [4.78, 5) is 19.3. The van der Waals surface area contributed by atoms with Gasteiger partial charge in [0.15, 0.2) is 22.9 Å². The second kappa shape index (κ2) is 7.75. The highest BCUT2D eigenvalue weighted by Gasteiger charge is 2.38. The number of alkyl halides is 3. The van der Waals surface area contributed by atoms with Crippen molar-refractivity contribution in [3.8, 4) is 11.5 Å². The monoisotopic (exact) mass is 459 g/mol. The van der Waals surface area contributed by atoms with Crippen LogP contribution in [0, 0.1) is 0 Å². The van der Waals surface area contributed by atoms with Gasteiger partial charge in [-0.05, 0) is 37.0 Å². The molecule has 0 N–H and O–H groups in total. The van der Waals surface area contributed by atoms with E-state index in [1.54, 1.807) is 11.0 Å². The van der Waals surface area contributed by atoms with Crippen molar-refractivity contribution in [3.05, 3.63) is 59.4 Å². The van der Waals surface area contributed by atoms with Gasteiger partial charge in [0.05, 0.1) is 24.2 Å². The molecule has 4 aromatic heterocycles. The normalized spacial score (nSPS) is 16.9. The Bertz CT molecular complexity index is 1310. The van der Waals surface area contributed by atoms with Crippen LogP contribution in [0.3, 0.4) is 0 Å². The van der Waals surface area contributed by atoms with Gasteiger partial charge in [-0.1, -0.05) is 19.0 Å². The maximum Gasteiger partial charge on any atom is 0.433 e. The van der Waals surface area contributed by atoms with E-state index in [-0.39, 0.29) is 34.6 Å². The molecule has 11 heteroatoms. The zero-order valence-electron chi connectivity index (χ0n) is 17.8. The number of furan rings is 1. The lowest BCUT2D eigenvalue weighted by Crippen LogP contribution is -2.30. The van der Waals surface area contributed by atoms with Crippen molar-refractivity contribution in [3.63, 3.8) is 0 Å². The summed E-state index contributed by atoms with van der Waals surface area (Å²) in [6.45, 7) is 4.40. The third-order valence-corrected chi connectivity index (χ3v) is 5.75. The van der Waals surface area contributed by atoms with E-state index in [0.717, 1.165) is 24.4 Å². The lowest BCUT2D eigenvalue weighted by atomic mass is 10.1. The maximum atomic E-state index is 13.8. The molecule has 1 atom stereocenters. The summed E-state index contributed by atoms with van der Waals surface area (Å²) >= 11 is 0. The second-order valence-corrected chi connectivity index (χ2v) is 8.26. The first-order chi connectivity index (χ1) is 15.7. The number of aromatic nitrogens is 4. The quantitative estimate of drug-likeness (QED) is 0.422. The highest BCUT2D eigenvalue weighted by atomic mass is 19.4. The number of hydrogen-bond acceptors (Lipinski definition) is 6. The minimum Gasteiger partial charge on any atom is -0.463 e. The summed E-state index contributed by atoms with van der Waals surface area (Å²) in [7, 11) is 0. The van der Waals surface area contributed by atoms with Crippen LogP contribution in [0.2, 0.25) is 0 Å². The van der Waals surface area contributed by atoms with Crippen LogP contribution in [0.4, 0.5) is 13.2 Å². The zero-order valence-corrected chi connectivity index (χ0v) is 17.8. The summed E-state index contributed by atoms with van der Waals surface area (Å²) in [5, 5.41) is 7.91. The molecule has 4 aromatic rings. The molecule has 1 aliphatic rings. The molecule has 33 heavy (non-hydrogen) atoms. The van der Waals surface area contributed by atoms with Gasteiger partial charge in [0.25, 0.3) is 5.91 Å². The SMILES string of the molecule is CC(C)c1cc([C@H]2CCCN2C(=O)c2cnn3c(C(F)(F)F)cc(-c4ccco4)nc23)on1. The third kappa shape index (κ3) is 3.66. The van der Waals surface area contributed by atoms with Crippen LogP contribution in [0.25, 0.3) is 17.1 Å². The molecule has 0 radical (unpaired) electrons. The molecule has 0 bridgehead atoms. The zero-order chi connectivity index (χ0) is 23.3. The number of carbonyl (C=O) groups is 1. The van der Waals surface area contributed by atoms with Crippen molar-refractivity contribution in [1.29, 1.82) is 0 Å². The van der Waals surface area contributed by atoms with E-state index in [1.807, 2.05) is 19.9 Å². The minimum absolute atomic E-state index is 0.0237. The molecule has 5 rings (SSSR count). The topological polar surface area (TPSA) is 89.7 Å². The molecule has 1 amide bonds. The average molecular weight is 459 g/mol. The Kier molecular flexibility index (Phi) is 4.98. The third-order valence-electron chi connectivity index (χ3n) is 5.75. The molecule has 0 saturated carbocycles. The molecule has 172 valence electrons. The fourth-order valence-electron chi connectivity index (χ4n) is 4.06. The lowest BCUT2D eigenvalue weighted by Gasteiger charge is -2.22. The van der Waals surface area contributed by atoms with Crippen molar-refractivity contribution in [2.75, 3.05) is 6.54 Å². The number of carbonyl (C=O) groups excluding carboxylic acids is 1. The van der Waals surface area contributed by atoms with Crippen LogP contribution in [-0.4, -0.2) is 37.1 Å². The van der Waals surface area contributed by atoms with E-state index in [1.165, 1.54) is 12.3 Å². The Morgan fingerprint density at radius 1 is 1.27 bits per heavy atom. The number of rotatable bonds is 4. The number of likely N-dealkylation sites (tertiary alicyclic amines) is 1. The van der Waals surface area contributed by atoms with Crippen molar-refractivity contribution in [1.82, 2.24) is 24.7 Å². The maximum absolute atomic E-state index is 13.8. The number of halogens is 3. The first kappa shape index (κ1) is 21.2. The molecule has 1 fully saturated rings. The van der Waals surface area contributed by atoms with E-state index >= 15 is 0 Å². The highest BCUT2D eigenvalue weighted by molar-refractivity contribution is 6.00. The van der Waals surface area contributed by atoms with Crippen molar-refractivity contribution in [2.45, 2.75) is 44.8 Å². The minimum atomic E-state index is -4.71. The fraction of sp³-hybridized carbons (Fsp3) is 0.364. The van der Waals surface area contributed by atoms with Crippen LogP contribution in [0.15, 0.2) is 45.7 Å². The Labute approximate surface area is 186 Å². The average Bonchev–Trinajstić information content (AvgIpc) is 3.57. The summed E-state index contributed by atoms with van der Waals surface area (Å²) in [6, 6.07) is 5.38. The van der Waals surface area contributed by atoms with E-state index in [9.17, 15) is 18.0 Å². The van der Waals surface area contributed by atoms with Gasteiger partial charge in [0, 0.05) is 12.6 Å². The molecule has 0 aliphatic carbocycles. The molecule has 5 heterocycles. The van der Waals surface area contributed by atoms with Crippen LogP contribution >= 0.6 is 0 Å². The van der Waals surface area contributed by atoms with Gasteiger partial charge in [0.1, 0.15) is 11.3 Å². The molecule has 0 aromatic carbocycles. The first-order valence-electron chi connectivity index (χ1n) is 10.5. The van der Waals surface area contributed by atoms with Crippen molar-refractivity contribution >= 4 is 11.6 Å². The van der Waals surface area contributed by atoms with E-state index in [4.69, 9.17) is 8.94 Å². The Morgan fingerprint density at radius 3 is 2.76 bits per heavy atom. The summed E-state index contributed by atoms with van der Waals surface area (Å²) < 4.78 is 52.7. The molecule has 1 saturated heterocycles. The van der Waals surface area contributed by atoms with E-state index in [2.05, 4.69) is 15.2 Å². The van der Waals surface area contributed by atoms with Crippen LogP contribution in [0.1, 0.15) is 66.2 Å². The van der Waals surface area contributed by atoms with Crippen molar-refractivity contribution in [2.24, 2.45) is 0 Å². The fourth-order valence-corrected chi connectivity index (χ4v) is 4.06. The summed E-state index contributed by atoms with van der Waals surface area (Å²) in [5.74, 6) is 0.413. The van der Waals surface area contributed by atoms with Gasteiger partial charge in [0.2, 0.25) is 0 Å². The standard InChI is InChI=1S/C22H20F3N5O3/c1-12(2)14-9-18(33-28-14)16-5-3-7-29(16)21(31)13-11-26-30-19(22(23,24)25)10-15(27-20(13)30)17-6-4-8-32-17/h4,6,8-12,16H,3,5,7H2,1-2H3/t16-/m1/s1. The molecular weight excluding hydrogens is 439 g/mol. The molecule has 8 nitrogen and oxygen atoms in total. The Balaban J connectivity index is 1.58. The lowest BCUT2D eigenvalue weighted by molar-refractivity contribution is -0.142. The van der Waals surface area contributed by atoms with Crippen molar-refractivity contribution < 1.29 is 26.9 Å². The second-order valence-electron chi connectivity index (χ2n) is 8.26. The van der Waals surface area contributed by atoms with E-state index < -0.39 is 17.8 Å². The molecule has 0 unspecified atom stereocenters. The highest BCUT2D eigenvalue weighted by Crippen LogP contribution is 2.36. The van der Waals surface area contributed by atoms with Crippen LogP contribution < -0.4 is 0 Å². The first-order valence-corrected chi connectivity index (χ1v) is 10.5. The predicted molar refractivity (Wildman–Crippen MR) is 109 cm³/mol. The number of fused-ring (bicyclic) bond motifs is 1. The summed E-state index contributed by atoms with van der Waals surface area (Å²) in [6.07, 6.45) is -0.851. The largest absolute Gasteiger partial charge is 0.463 e. The van der Waals surface area contributed by atoms with Gasteiger partial charge in [-0.2, -0.15) is 18.3 Å². The Hall–Kier alpha value is -3.63. The predicted octanol–water partition coefficient (Wildman–Crippen LogP) is 5.10. The number of hydrogen-bond donors (Lipinski definition) is 0. The van der Waals surface area contributed by atoms with Crippen LogP contribution in [-0.2, 0) is 6.18 Å². The van der Waals surface area contributed by atoms with Gasteiger partial charge in [-0.25, -0.2) is 9.50 Å². The van der Waals surface area contributed by atoms with Crippen LogP contribution in [0.5, 0.6) is 0 Å². The Morgan fingerprint density at radius 2 is 2.09 bits per heavy atom. The molecule has 0 spiro atoms. The van der Waals surface area contributed by atoms with E-state index in [0.29, 0.717) is 23.2 Å². The van der Waals surface area contributed by atoms with Gasteiger partial charge in [-0.15, -0.1) is 0 Å².